The van der Waals surface area contributed by atoms with Crippen molar-refractivity contribution >= 4 is 58.5 Å². The third-order valence-electron chi connectivity index (χ3n) is 6.01. The number of rotatable bonds is 7. The van der Waals surface area contributed by atoms with Crippen molar-refractivity contribution in [1.82, 2.24) is 14.5 Å². The average Bonchev–Trinajstić information content (AvgIpc) is 3.76. The van der Waals surface area contributed by atoms with Gasteiger partial charge in [0.1, 0.15) is 0 Å². The van der Waals surface area contributed by atoms with E-state index < -0.39 is 25.8 Å². The van der Waals surface area contributed by atoms with Crippen molar-refractivity contribution in [3.8, 4) is 11.1 Å². The first-order chi connectivity index (χ1) is 18.0. The van der Waals surface area contributed by atoms with Gasteiger partial charge in [-0.25, -0.2) is 21.6 Å². The molecule has 2 fully saturated rings. The summed E-state index contributed by atoms with van der Waals surface area (Å²) in [6, 6.07) is 8.75. The van der Waals surface area contributed by atoms with Gasteiger partial charge >= 0.3 is 5.76 Å². The smallest absolute Gasteiger partial charge is 0.408 e. The number of benzene rings is 1. The fraction of sp³-hybridized carbons (Fsp3) is 0.292. The van der Waals surface area contributed by atoms with E-state index in [1.165, 1.54) is 17.0 Å². The second-order valence-electron chi connectivity index (χ2n) is 9.16. The van der Waals surface area contributed by atoms with Crippen LogP contribution < -0.4 is 15.2 Å². The summed E-state index contributed by atoms with van der Waals surface area (Å²) in [6.45, 7) is 0. The minimum absolute atomic E-state index is 0.207. The highest BCUT2D eigenvalue weighted by Crippen LogP contribution is 2.31. The van der Waals surface area contributed by atoms with E-state index in [1.54, 1.807) is 37.6 Å². The highest BCUT2D eigenvalue weighted by molar-refractivity contribution is 9.10. The maximum atomic E-state index is 12.0. The number of aryl methyl sites for hydroxylation is 1. The van der Waals surface area contributed by atoms with Crippen LogP contribution in [0.15, 0.2) is 68.8 Å². The van der Waals surface area contributed by atoms with Crippen LogP contribution in [0.3, 0.4) is 0 Å². The van der Waals surface area contributed by atoms with Crippen molar-refractivity contribution in [2.75, 3.05) is 9.44 Å². The van der Waals surface area contributed by atoms with Crippen LogP contribution >= 0.6 is 15.9 Å². The van der Waals surface area contributed by atoms with Crippen LogP contribution in [0.2, 0.25) is 0 Å². The Balaban J connectivity index is 0.000000179. The fourth-order valence-electron chi connectivity index (χ4n) is 3.68. The SMILES string of the molecule is Cn1c(=O)oc2ccc(-c3cncc(NS(=O)(=O)C4CC4)c3)cc21.O=S(=O)(Nc1cncc(Br)c1)C1CC1. The quantitative estimate of drug-likeness (QED) is 0.315. The van der Waals surface area contributed by atoms with Crippen molar-refractivity contribution in [3.05, 3.63) is 70.1 Å². The lowest BCUT2D eigenvalue weighted by Gasteiger charge is -2.08. The summed E-state index contributed by atoms with van der Waals surface area (Å²) in [5.41, 5.74) is 3.68. The molecule has 1 aromatic carbocycles. The van der Waals surface area contributed by atoms with E-state index in [4.69, 9.17) is 4.42 Å². The topological polar surface area (TPSA) is 153 Å². The van der Waals surface area contributed by atoms with Crippen LogP contribution in [-0.2, 0) is 27.1 Å². The number of nitrogens with zero attached hydrogens (tertiary/aromatic N) is 3. The van der Waals surface area contributed by atoms with Crippen LogP contribution in [-0.4, -0.2) is 41.9 Å². The molecule has 2 saturated carbocycles. The first kappa shape index (κ1) is 26.4. The van der Waals surface area contributed by atoms with Gasteiger partial charge in [-0.2, -0.15) is 0 Å². The number of sulfonamides is 2. The van der Waals surface area contributed by atoms with E-state index in [9.17, 15) is 21.6 Å². The molecule has 6 rings (SSSR count). The highest BCUT2D eigenvalue weighted by atomic mass is 79.9. The van der Waals surface area contributed by atoms with Crippen molar-refractivity contribution in [2.24, 2.45) is 7.05 Å². The highest BCUT2D eigenvalue weighted by Gasteiger charge is 2.36. The molecule has 0 saturated heterocycles. The molecule has 0 amide bonds. The number of fused-ring (bicyclic) bond motifs is 1. The molecular formula is C24H24BrN5O6S2. The summed E-state index contributed by atoms with van der Waals surface area (Å²) >= 11 is 3.23. The minimum atomic E-state index is -3.33. The van der Waals surface area contributed by atoms with Gasteiger partial charge in [0.25, 0.3) is 0 Å². The normalized spacial score (nSPS) is 15.5. The molecule has 0 spiro atoms. The third-order valence-corrected chi connectivity index (χ3v) is 10.2. The van der Waals surface area contributed by atoms with E-state index in [1.807, 2.05) is 12.1 Å². The molecule has 0 atom stereocenters. The van der Waals surface area contributed by atoms with E-state index in [2.05, 4.69) is 35.3 Å². The van der Waals surface area contributed by atoms with Gasteiger partial charge in [0.2, 0.25) is 20.0 Å². The number of pyridine rings is 2. The molecule has 3 aromatic heterocycles. The zero-order valence-electron chi connectivity index (χ0n) is 20.2. The summed E-state index contributed by atoms with van der Waals surface area (Å²) < 4.78 is 59.5. The molecule has 38 heavy (non-hydrogen) atoms. The lowest BCUT2D eigenvalue weighted by atomic mass is 10.1. The van der Waals surface area contributed by atoms with Crippen molar-refractivity contribution in [3.63, 3.8) is 0 Å². The van der Waals surface area contributed by atoms with Gasteiger partial charge in [0.15, 0.2) is 5.58 Å². The standard InChI is InChI=1S/C16H15N3O4S.C8H9BrN2O2S/c1-19-14-7-10(2-5-15(14)23-16(19)20)11-6-12(9-17-8-11)18-24(21,22)13-3-4-13;9-6-3-7(5-10-4-6)11-14(12,13)8-1-2-8/h2,5-9,13,18H,3-4H2,1H3;3-5,8,11H,1-2H2. The molecule has 200 valence electrons. The Morgan fingerprint density at radius 1 is 0.842 bits per heavy atom. The van der Waals surface area contributed by atoms with Gasteiger partial charge in [-0.1, -0.05) is 6.07 Å². The van der Waals surface area contributed by atoms with Gasteiger partial charge in [0.05, 0.1) is 39.8 Å². The molecule has 3 heterocycles. The van der Waals surface area contributed by atoms with Crippen molar-refractivity contribution in [2.45, 2.75) is 36.2 Å². The number of aromatic nitrogens is 3. The zero-order valence-corrected chi connectivity index (χ0v) is 23.4. The van der Waals surface area contributed by atoms with E-state index in [-0.39, 0.29) is 10.5 Å². The van der Waals surface area contributed by atoms with E-state index in [0.29, 0.717) is 35.3 Å². The largest absolute Gasteiger partial charge is 0.419 e. The number of hydrogen-bond acceptors (Lipinski definition) is 8. The molecule has 2 N–H and O–H groups in total. The maximum absolute atomic E-state index is 12.0. The van der Waals surface area contributed by atoms with Crippen LogP contribution in [0.25, 0.3) is 22.2 Å². The molecule has 0 unspecified atom stereocenters. The summed E-state index contributed by atoms with van der Waals surface area (Å²) in [4.78, 5) is 19.6. The molecule has 0 bridgehead atoms. The molecule has 2 aliphatic carbocycles. The Kier molecular flexibility index (Phi) is 7.05. The lowest BCUT2D eigenvalue weighted by Crippen LogP contribution is -2.17. The second kappa shape index (κ2) is 10.2. The van der Waals surface area contributed by atoms with Crippen LogP contribution in [0.5, 0.6) is 0 Å². The summed E-state index contributed by atoms with van der Waals surface area (Å²) in [7, 11) is -4.86. The molecule has 0 radical (unpaired) electrons. The summed E-state index contributed by atoms with van der Waals surface area (Å²) in [6.07, 6.45) is 9.15. The first-order valence-corrected chi connectivity index (χ1v) is 15.6. The van der Waals surface area contributed by atoms with Gasteiger partial charge in [-0.3, -0.25) is 24.0 Å². The number of anilines is 2. The van der Waals surface area contributed by atoms with E-state index >= 15 is 0 Å². The average molecular weight is 623 g/mol. The van der Waals surface area contributed by atoms with Crippen LogP contribution in [0, 0.1) is 0 Å². The Morgan fingerprint density at radius 2 is 1.42 bits per heavy atom. The van der Waals surface area contributed by atoms with Crippen LogP contribution in [0.1, 0.15) is 25.7 Å². The zero-order chi connectivity index (χ0) is 27.1. The van der Waals surface area contributed by atoms with Crippen LogP contribution in [0.4, 0.5) is 11.4 Å². The van der Waals surface area contributed by atoms with Crippen molar-refractivity contribution < 1.29 is 21.3 Å². The number of halogens is 1. The Bertz CT molecular complexity index is 1780. The van der Waals surface area contributed by atoms with Gasteiger partial charge in [-0.15, -0.1) is 0 Å². The molecule has 0 aliphatic heterocycles. The van der Waals surface area contributed by atoms with Gasteiger partial charge in [0, 0.05) is 29.5 Å². The number of nitrogens with one attached hydrogen (secondary N) is 2. The fourth-order valence-corrected chi connectivity index (χ4v) is 6.77. The summed E-state index contributed by atoms with van der Waals surface area (Å²) in [5.74, 6) is -0.425. The Morgan fingerprint density at radius 3 is 2.00 bits per heavy atom. The monoisotopic (exact) mass is 621 g/mol. The Labute approximate surface area is 227 Å². The maximum Gasteiger partial charge on any atom is 0.419 e. The Hall–Kier alpha value is -3.23. The molecular weight excluding hydrogens is 598 g/mol. The predicted molar refractivity (Wildman–Crippen MR) is 148 cm³/mol. The summed E-state index contributed by atoms with van der Waals surface area (Å²) in [5, 5.41) is -0.501. The molecule has 11 nitrogen and oxygen atoms in total. The molecule has 4 aromatic rings. The number of hydrogen-bond donors (Lipinski definition) is 2. The van der Waals surface area contributed by atoms with E-state index in [0.717, 1.165) is 28.4 Å². The van der Waals surface area contributed by atoms with Crippen molar-refractivity contribution in [1.29, 1.82) is 0 Å². The minimum Gasteiger partial charge on any atom is -0.408 e. The lowest BCUT2D eigenvalue weighted by molar-refractivity contribution is 0.528. The van der Waals surface area contributed by atoms with Gasteiger partial charge < -0.3 is 4.42 Å². The molecule has 2 aliphatic rings. The third kappa shape index (κ3) is 6.08. The molecule has 14 heteroatoms. The van der Waals surface area contributed by atoms with Gasteiger partial charge in [-0.05, 0) is 71.4 Å². The number of oxazole rings is 1. The first-order valence-electron chi connectivity index (χ1n) is 11.7. The second-order valence-corrected chi connectivity index (χ2v) is 14.0. The predicted octanol–water partition coefficient (Wildman–Crippen LogP) is 3.85.